The summed E-state index contributed by atoms with van der Waals surface area (Å²) in [6, 6.07) is 10.2. The summed E-state index contributed by atoms with van der Waals surface area (Å²) < 4.78 is 5.34. The van der Waals surface area contributed by atoms with Crippen molar-refractivity contribution < 1.29 is 14.3 Å². The minimum atomic E-state index is -0.348. The fraction of sp³-hybridized carbons (Fsp3) is 0.214. The van der Waals surface area contributed by atoms with Crippen molar-refractivity contribution in [2.75, 3.05) is 5.32 Å². The first kappa shape index (κ1) is 13.6. The fourth-order valence-corrected chi connectivity index (χ4v) is 1.75. The van der Waals surface area contributed by atoms with Crippen LogP contribution < -0.4 is 5.32 Å². The molecule has 0 saturated carbocycles. The van der Waals surface area contributed by atoms with E-state index in [0.717, 1.165) is 5.56 Å². The van der Waals surface area contributed by atoms with Crippen molar-refractivity contribution in [3.8, 4) is 0 Å². The molecular weight excluding hydrogens is 266 g/mol. The molecule has 19 heavy (non-hydrogen) atoms. The highest BCUT2D eigenvalue weighted by Crippen LogP contribution is 2.22. The first-order chi connectivity index (χ1) is 9.10. The highest BCUT2D eigenvalue weighted by molar-refractivity contribution is 6.20. The molecule has 0 aliphatic carbocycles. The number of anilines is 1. The summed E-state index contributed by atoms with van der Waals surface area (Å²) in [5.74, 6) is 0.409. The number of carbonyl (C=O) groups is 1. The maximum Gasteiger partial charge on any atom is 0.291 e. The van der Waals surface area contributed by atoms with Gasteiger partial charge in [-0.05, 0) is 36.8 Å². The fourth-order valence-electron chi connectivity index (χ4n) is 1.63. The topological polar surface area (TPSA) is 62.5 Å². The van der Waals surface area contributed by atoms with Gasteiger partial charge in [0, 0.05) is 5.69 Å². The number of nitrogens with one attached hydrogen (secondary N) is 1. The van der Waals surface area contributed by atoms with Crippen LogP contribution >= 0.6 is 11.6 Å². The van der Waals surface area contributed by atoms with Crippen LogP contribution in [0.3, 0.4) is 0 Å². The lowest BCUT2D eigenvalue weighted by Gasteiger charge is -2.05. The molecule has 5 heteroatoms. The van der Waals surface area contributed by atoms with Gasteiger partial charge in [-0.3, -0.25) is 4.79 Å². The van der Waals surface area contributed by atoms with E-state index < -0.39 is 0 Å². The van der Waals surface area contributed by atoms with Crippen molar-refractivity contribution in [3.05, 3.63) is 53.5 Å². The van der Waals surface area contributed by atoms with Crippen molar-refractivity contribution in [1.29, 1.82) is 0 Å². The first-order valence-corrected chi connectivity index (χ1v) is 6.28. The summed E-state index contributed by atoms with van der Waals surface area (Å²) in [4.78, 5) is 11.9. The van der Waals surface area contributed by atoms with E-state index in [1.165, 1.54) is 0 Å². The van der Waals surface area contributed by atoms with E-state index in [9.17, 15) is 4.79 Å². The Hall–Kier alpha value is -1.78. The van der Waals surface area contributed by atoms with Crippen molar-refractivity contribution in [2.45, 2.75) is 18.9 Å². The second kappa shape index (κ2) is 5.91. The molecule has 2 aromatic rings. The smallest absolute Gasteiger partial charge is 0.291 e. The number of amides is 1. The first-order valence-electron chi connectivity index (χ1n) is 5.85. The molecule has 0 spiro atoms. The molecule has 0 saturated heterocycles. The maximum atomic E-state index is 11.9. The molecule has 0 radical (unpaired) electrons. The van der Waals surface area contributed by atoms with Gasteiger partial charge in [0.15, 0.2) is 5.76 Å². The van der Waals surface area contributed by atoms with Gasteiger partial charge in [0.05, 0.1) is 12.0 Å². The molecule has 1 atom stereocenters. The van der Waals surface area contributed by atoms with Gasteiger partial charge in [-0.25, -0.2) is 0 Å². The van der Waals surface area contributed by atoms with Crippen LogP contribution in [0.2, 0.25) is 0 Å². The van der Waals surface area contributed by atoms with Gasteiger partial charge >= 0.3 is 0 Å². The summed E-state index contributed by atoms with van der Waals surface area (Å²) in [7, 11) is 0. The van der Waals surface area contributed by atoms with Crippen molar-refractivity contribution in [3.63, 3.8) is 0 Å². The number of carbonyl (C=O) groups excluding carboxylic acids is 1. The van der Waals surface area contributed by atoms with Crippen LogP contribution in [0.1, 0.15) is 34.2 Å². The number of halogens is 1. The molecule has 0 aliphatic rings. The van der Waals surface area contributed by atoms with Gasteiger partial charge in [-0.1, -0.05) is 12.1 Å². The highest BCUT2D eigenvalue weighted by Gasteiger charge is 2.13. The molecule has 0 fully saturated rings. The van der Waals surface area contributed by atoms with Gasteiger partial charge in [0.25, 0.3) is 5.91 Å². The molecule has 2 rings (SSSR count). The van der Waals surface area contributed by atoms with Crippen molar-refractivity contribution in [1.82, 2.24) is 0 Å². The Labute approximate surface area is 116 Å². The third-order valence-electron chi connectivity index (χ3n) is 2.61. The zero-order valence-corrected chi connectivity index (χ0v) is 11.1. The number of aliphatic hydroxyl groups is 1. The Kier molecular flexibility index (Phi) is 4.24. The number of furan rings is 1. The summed E-state index contributed by atoms with van der Waals surface area (Å²) in [6.45, 7) is 1.70. The van der Waals surface area contributed by atoms with E-state index in [1.807, 2.05) is 0 Å². The SMILES string of the molecule is CC(Cl)c1ccc(C(=O)Nc2cccc(CO)c2)o1. The van der Waals surface area contributed by atoms with Crippen LogP contribution in [0.4, 0.5) is 5.69 Å². The minimum absolute atomic E-state index is 0.0711. The van der Waals surface area contributed by atoms with E-state index in [4.69, 9.17) is 21.1 Å². The number of benzene rings is 1. The lowest BCUT2D eigenvalue weighted by molar-refractivity contribution is 0.0995. The normalized spacial score (nSPS) is 12.2. The predicted molar refractivity (Wildman–Crippen MR) is 73.3 cm³/mol. The average molecular weight is 280 g/mol. The van der Waals surface area contributed by atoms with Crippen LogP contribution in [-0.4, -0.2) is 11.0 Å². The Bertz CT molecular complexity index is 578. The van der Waals surface area contributed by atoms with Gasteiger partial charge in [-0.2, -0.15) is 0 Å². The Morgan fingerprint density at radius 2 is 2.21 bits per heavy atom. The summed E-state index contributed by atoms with van der Waals surface area (Å²) in [5.41, 5.74) is 1.33. The molecule has 100 valence electrons. The standard InChI is InChI=1S/C14H14ClNO3/c1-9(15)12-5-6-13(19-12)14(18)16-11-4-2-3-10(7-11)8-17/h2-7,9,17H,8H2,1H3,(H,16,18). The second-order valence-corrected chi connectivity index (χ2v) is 4.79. The molecular formula is C14H14ClNO3. The maximum absolute atomic E-state index is 11.9. The van der Waals surface area contributed by atoms with E-state index >= 15 is 0 Å². The lowest BCUT2D eigenvalue weighted by atomic mass is 10.2. The monoisotopic (exact) mass is 279 g/mol. The quantitative estimate of drug-likeness (QED) is 0.844. The average Bonchev–Trinajstić information content (AvgIpc) is 2.89. The third kappa shape index (κ3) is 3.36. The van der Waals surface area contributed by atoms with Gasteiger partial charge < -0.3 is 14.8 Å². The largest absolute Gasteiger partial charge is 0.454 e. The van der Waals surface area contributed by atoms with Crippen LogP contribution in [0, 0.1) is 0 Å². The molecule has 4 nitrogen and oxygen atoms in total. The number of hydrogen-bond acceptors (Lipinski definition) is 3. The van der Waals surface area contributed by atoms with Crippen LogP contribution in [0.5, 0.6) is 0 Å². The predicted octanol–water partition coefficient (Wildman–Crippen LogP) is 3.32. The minimum Gasteiger partial charge on any atom is -0.454 e. The lowest BCUT2D eigenvalue weighted by Crippen LogP contribution is -2.11. The molecule has 1 heterocycles. The zero-order chi connectivity index (χ0) is 13.8. The van der Waals surface area contributed by atoms with Crippen LogP contribution in [0.15, 0.2) is 40.8 Å². The van der Waals surface area contributed by atoms with Gasteiger partial charge in [-0.15, -0.1) is 11.6 Å². The van der Waals surface area contributed by atoms with Crippen molar-refractivity contribution >= 4 is 23.2 Å². The van der Waals surface area contributed by atoms with E-state index in [1.54, 1.807) is 43.3 Å². The Morgan fingerprint density at radius 1 is 1.42 bits per heavy atom. The number of hydrogen-bond donors (Lipinski definition) is 2. The molecule has 0 aliphatic heterocycles. The number of rotatable bonds is 4. The van der Waals surface area contributed by atoms with Crippen LogP contribution in [0.25, 0.3) is 0 Å². The van der Waals surface area contributed by atoms with E-state index in [2.05, 4.69) is 5.32 Å². The highest BCUT2D eigenvalue weighted by atomic mass is 35.5. The van der Waals surface area contributed by atoms with Crippen LogP contribution in [-0.2, 0) is 6.61 Å². The van der Waals surface area contributed by atoms with E-state index in [-0.39, 0.29) is 23.7 Å². The molecule has 0 bridgehead atoms. The molecule has 1 unspecified atom stereocenters. The van der Waals surface area contributed by atoms with E-state index in [0.29, 0.717) is 11.4 Å². The Balaban J connectivity index is 2.11. The number of aliphatic hydroxyl groups excluding tert-OH is 1. The summed E-state index contributed by atoms with van der Waals surface area (Å²) in [5, 5.41) is 11.5. The molecule has 2 N–H and O–H groups in total. The van der Waals surface area contributed by atoms with Crippen molar-refractivity contribution in [2.24, 2.45) is 0 Å². The van der Waals surface area contributed by atoms with Gasteiger partial charge in [0.2, 0.25) is 0 Å². The Morgan fingerprint density at radius 3 is 2.84 bits per heavy atom. The molecule has 1 amide bonds. The number of alkyl halides is 1. The third-order valence-corrected chi connectivity index (χ3v) is 2.83. The summed E-state index contributed by atoms with van der Waals surface area (Å²) >= 11 is 5.87. The molecule has 1 aromatic heterocycles. The second-order valence-electron chi connectivity index (χ2n) is 4.13. The summed E-state index contributed by atoms with van der Waals surface area (Å²) in [6.07, 6.45) is 0. The van der Waals surface area contributed by atoms with Gasteiger partial charge in [0.1, 0.15) is 5.76 Å². The molecule has 1 aromatic carbocycles. The zero-order valence-electron chi connectivity index (χ0n) is 10.4.